The van der Waals surface area contributed by atoms with Gasteiger partial charge in [-0.15, -0.1) is 0 Å². The molecule has 242 valence electrons. The van der Waals surface area contributed by atoms with Crippen LogP contribution in [-0.4, -0.2) is 19.5 Å². The van der Waals surface area contributed by atoms with Gasteiger partial charge >= 0.3 is 0 Å². The first-order valence-electron chi connectivity index (χ1n) is 17.5. The molecule has 0 N–H and O–H groups in total. The molecule has 0 spiro atoms. The first kappa shape index (κ1) is 28.7. The zero-order valence-electron chi connectivity index (χ0n) is 28.0. The summed E-state index contributed by atoms with van der Waals surface area (Å²) in [5, 5.41) is 6.96. The van der Waals surface area contributed by atoms with Crippen molar-refractivity contribution in [2.24, 2.45) is 0 Å². The molecule has 0 atom stereocenters. The van der Waals surface area contributed by atoms with Gasteiger partial charge in [0.2, 0.25) is 11.9 Å². The van der Waals surface area contributed by atoms with Gasteiger partial charge in [-0.25, -0.2) is 0 Å². The van der Waals surface area contributed by atoms with Crippen molar-refractivity contribution in [1.29, 1.82) is 0 Å². The van der Waals surface area contributed by atoms with Crippen LogP contribution in [0.3, 0.4) is 0 Å². The van der Waals surface area contributed by atoms with E-state index in [0.717, 1.165) is 60.6 Å². The van der Waals surface area contributed by atoms with Crippen molar-refractivity contribution in [2.45, 2.75) is 0 Å². The number of fused-ring (bicyclic) bond motifs is 7. The maximum Gasteiger partial charge on any atom is 0.240 e. The van der Waals surface area contributed by atoms with Gasteiger partial charge in [-0.1, -0.05) is 158 Å². The van der Waals surface area contributed by atoms with Crippen LogP contribution in [0.15, 0.2) is 176 Å². The van der Waals surface area contributed by atoms with Gasteiger partial charge in [0, 0.05) is 32.7 Å². The molecule has 0 saturated heterocycles. The van der Waals surface area contributed by atoms with E-state index in [1.807, 2.05) is 6.07 Å². The van der Waals surface area contributed by atoms with Gasteiger partial charge < -0.3 is 0 Å². The van der Waals surface area contributed by atoms with Crippen LogP contribution in [0, 0.1) is 0 Å². The summed E-state index contributed by atoms with van der Waals surface area (Å²) < 4.78 is 2.18. The second-order valence-electron chi connectivity index (χ2n) is 13.3. The normalized spacial score (nSPS) is 12.2. The number of rotatable bonds is 4. The number of aromatic nitrogens is 4. The average molecular weight is 664 g/mol. The van der Waals surface area contributed by atoms with Crippen molar-refractivity contribution in [1.82, 2.24) is 19.5 Å². The number of anilines is 3. The molecule has 3 heterocycles. The standard InChI is InChI=1S/C47H29N5/c1-2-12-30(13-3-1)31-24-26-34(27-25-31)45-48-46(51-40-21-8-6-18-36(40)37-19-7-9-22-41(37)51)50-47(49-45)52-42-23-11-16-33-15-10-20-38(43(33)42)39-29-28-32-14-4-5-17-35(32)44(39)52/h1-29H. The van der Waals surface area contributed by atoms with E-state index >= 15 is 0 Å². The number of para-hydroxylation sites is 2. The summed E-state index contributed by atoms with van der Waals surface area (Å²) in [4.78, 5) is 18.3. The zero-order valence-corrected chi connectivity index (χ0v) is 28.0. The van der Waals surface area contributed by atoms with E-state index in [4.69, 9.17) is 15.0 Å². The van der Waals surface area contributed by atoms with Crippen LogP contribution >= 0.6 is 0 Å². The van der Waals surface area contributed by atoms with Gasteiger partial charge in [-0.2, -0.15) is 15.0 Å². The Morgan fingerprint density at radius 2 is 0.962 bits per heavy atom. The summed E-state index contributed by atoms with van der Waals surface area (Å²) in [5.74, 6) is 1.74. The highest BCUT2D eigenvalue weighted by atomic mass is 15.3. The molecule has 0 bridgehead atoms. The van der Waals surface area contributed by atoms with Crippen molar-refractivity contribution in [3.05, 3.63) is 176 Å². The molecule has 8 aromatic carbocycles. The second-order valence-corrected chi connectivity index (χ2v) is 13.3. The summed E-state index contributed by atoms with van der Waals surface area (Å²) in [5.41, 5.74) is 9.77. The fraction of sp³-hybridized carbons (Fsp3) is 0. The first-order valence-corrected chi connectivity index (χ1v) is 17.5. The summed E-state index contributed by atoms with van der Waals surface area (Å²) in [7, 11) is 0. The summed E-state index contributed by atoms with van der Waals surface area (Å²) >= 11 is 0. The van der Waals surface area contributed by atoms with Gasteiger partial charge in [0.15, 0.2) is 5.82 Å². The van der Waals surface area contributed by atoms with Crippen molar-refractivity contribution >= 4 is 60.7 Å². The van der Waals surface area contributed by atoms with Gasteiger partial charge in [0.1, 0.15) is 0 Å². The van der Waals surface area contributed by atoms with E-state index in [1.165, 1.54) is 21.9 Å². The molecule has 2 aromatic heterocycles. The predicted octanol–water partition coefficient (Wildman–Crippen LogP) is 12.1. The fourth-order valence-electron chi connectivity index (χ4n) is 8.04. The van der Waals surface area contributed by atoms with Crippen molar-refractivity contribution in [3.63, 3.8) is 0 Å². The van der Waals surface area contributed by atoms with E-state index in [0.29, 0.717) is 17.7 Å². The molecule has 1 aliphatic heterocycles. The Kier molecular flexibility index (Phi) is 6.18. The number of hydrogen-bond acceptors (Lipinski definition) is 4. The van der Waals surface area contributed by atoms with Crippen LogP contribution in [0.4, 0.5) is 17.3 Å². The molecule has 5 heteroatoms. The quantitative estimate of drug-likeness (QED) is 0.188. The van der Waals surface area contributed by atoms with E-state index in [2.05, 4.69) is 179 Å². The third kappa shape index (κ3) is 4.26. The highest BCUT2D eigenvalue weighted by molar-refractivity contribution is 6.18. The maximum absolute atomic E-state index is 5.42. The van der Waals surface area contributed by atoms with Crippen molar-refractivity contribution in [3.8, 4) is 39.6 Å². The van der Waals surface area contributed by atoms with Gasteiger partial charge in [-0.3, -0.25) is 9.47 Å². The minimum atomic E-state index is 0.564. The Labute approximate surface area is 299 Å². The zero-order chi connectivity index (χ0) is 34.2. The SMILES string of the molecule is c1ccc(-c2ccc(-c3nc(N4c5c(ccc6ccccc56)-c5cccc6cccc4c56)nc(-n4c5ccccc5c5ccccc54)n3)cc2)cc1. The maximum atomic E-state index is 5.42. The largest absolute Gasteiger partial charge is 0.278 e. The number of nitrogens with zero attached hydrogens (tertiary/aromatic N) is 5. The molecular weight excluding hydrogens is 635 g/mol. The van der Waals surface area contributed by atoms with E-state index in [-0.39, 0.29) is 0 Å². The molecular formula is C47H29N5. The molecule has 0 unspecified atom stereocenters. The van der Waals surface area contributed by atoms with Crippen molar-refractivity contribution < 1.29 is 0 Å². The Balaban J connectivity index is 1.23. The molecule has 0 aliphatic carbocycles. The lowest BCUT2D eigenvalue weighted by molar-refractivity contribution is 0.934. The van der Waals surface area contributed by atoms with E-state index in [9.17, 15) is 0 Å². The van der Waals surface area contributed by atoms with Crippen LogP contribution in [0.1, 0.15) is 0 Å². The minimum absolute atomic E-state index is 0.564. The highest BCUT2D eigenvalue weighted by Gasteiger charge is 2.30. The summed E-state index contributed by atoms with van der Waals surface area (Å²) in [6.07, 6.45) is 0. The van der Waals surface area contributed by atoms with Gasteiger partial charge in [0.25, 0.3) is 0 Å². The highest BCUT2D eigenvalue weighted by Crippen LogP contribution is 2.52. The molecule has 10 aromatic rings. The van der Waals surface area contributed by atoms with E-state index < -0.39 is 0 Å². The molecule has 5 nitrogen and oxygen atoms in total. The fourth-order valence-corrected chi connectivity index (χ4v) is 8.04. The second kappa shape index (κ2) is 11.2. The van der Waals surface area contributed by atoms with Crippen molar-refractivity contribution in [2.75, 3.05) is 4.90 Å². The molecule has 11 rings (SSSR count). The smallest absolute Gasteiger partial charge is 0.240 e. The lowest BCUT2D eigenvalue weighted by Gasteiger charge is -2.33. The molecule has 0 radical (unpaired) electrons. The number of hydrogen-bond donors (Lipinski definition) is 0. The van der Waals surface area contributed by atoms with Crippen LogP contribution in [0.2, 0.25) is 0 Å². The third-order valence-corrected chi connectivity index (χ3v) is 10.4. The summed E-state index contributed by atoms with van der Waals surface area (Å²) in [6, 6.07) is 62.0. The van der Waals surface area contributed by atoms with Crippen LogP contribution in [0.5, 0.6) is 0 Å². The average Bonchev–Trinajstić information content (AvgIpc) is 3.56. The van der Waals surface area contributed by atoms with Crippen LogP contribution in [0.25, 0.3) is 82.9 Å². The molecule has 1 aliphatic rings. The lowest BCUT2D eigenvalue weighted by Crippen LogP contribution is -2.20. The molecule has 52 heavy (non-hydrogen) atoms. The van der Waals surface area contributed by atoms with E-state index in [1.54, 1.807) is 0 Å². The van der Waals surface area contributed by atoms with Gasteiger partial charge in [-0.05, 0) is 45.7 Å². The Hall–Kier alpha value is -7.11. The Bertz CT molecular complexity index is 2960. The van der Waals surface area contributed by atoms with Crippen LogP contribution < -0.4 is 4.90 Å². The monoisotopic (exact) mass is 663 g/mol. The Morgan fingerprint density at radius 1 is 0.365 bits per heavy atom. The third-order valence-electron chi connectivity index (χ3n) is 10.4. The molecule has 0 saturated carbocycles. The van der Waals surface area contributed by atoms with Gasteiger partial charge in [0.05, 0.1) is 22.4 Å². The summed E-state index contributed by atoms with van der Waals surface area (Å²) in [6.45, 7) is 0. The van der Waals surface area contributed by atoms with Crippen LogP contribution in [-0.2, 0) is 0 Å². The first-order chi connectivity index (χ1) is 25.8. The topological polar surface area (TPSA) is 46.8 Å². The molecule has 0 amide bonds. The predicted molar refractivity (Wildman–Crippen MR) is 214 cm³/mol. The Morgan fingerprint density at radius 3 is 1.73 bits per heavy atom. The minimum Gasteiger partial charge on any atom is -0.278 e. The number of benzene rings is 8. The molecule has 0 fully saturated rings. The lowest BCUT2D eigenvalue weighted by atomic mass is 9.89.